The maximum atomic E-state index is 11.9. The molecule has 0 radical (unpaired) electrons. The van der Waals surface area contributed by atoms with Crippen LogP contribution in [0.25, 0.3) is 16.0 Å². The molecule has 1 aromatic carbocycles. The van der Waals surface area contributed by atoms with Crippen molar-refractivity contribution in [2.45, 2.75) is 13.3 Å². The Bertz CT molecular complexity index is 950. The van der Waals surface area contributed by atoms with E-state index in [9.17, 15) is 4.79 Å². The number of rotatable bonds is 2. The van der Waals surface area contributed by atoms with Gasteiger partial charge in [0.15, 0.2) is 8.73 Å². The molecule has 0 aliphatic rings. The molecule has 2 heterocycles. The summed E-state index contributed by atoms with van der Waals surface area (Å²) in [4.78, 5) is 17.5. The Labute approximate surface area is 157 Å². The Morgan fingerprint density at radius 1 is 1.19 bits per heavy atom. The van der Waals surface area contributed by atoms with Crippen molar-refractivity contribution in [3.8, 4) is 5.69 Å². The molecule has 0 fully saturated rings. The van der Waals surface area contributed by atoms with Crippen molar-refractivity contribution in [3.63, 3.8) is 0 Å². The minimum atomic E-state index is -0.205. The van der Waals surface area contributed by atoms with Crippen molar-refractivity contribution < 1.29 is 29.6 Å². The summed E-state index contributed by atoms with van der Waals surface area (Å²) in [6, 6.07) is 8.11. The van der Waals surface area contributed by atoms with Gasteiger partial charge in [-0.05, 0) is 48.6 Å². The van der Waals surface area contributed by atoms with Crippen LogP contribution >= 0.6 is 35.8 Å². The molecule has 0 spiro atoms. The number of hydrogen-bond acceptors (Lipinski definition) is 4. The van der Waals surface area contributed by atoms with Crippen LogP contribution in [0, 0.1) is 8.73 Å². The van der Waals surface area contributed by atoms with Gasteiger partial charge in [0, 0.05) is 5.69 Å². The Morgan fingerprint density at radius 2 is 1.86 bits per heavy atom. The van der Waals surface area contributed by atoms with Crippen LogP contribution in [-0.2, 0) is 6.42 Å². The van der Waals surface area contributed by atoms with Gasteiger partial charge in [-0.2, -0.15) is 0 Å². The molecule has 0 saturated heterocycles. The fraction of sp³-hybridized carbons (Fsp3) is 0.154. The summed E-state index contributed by atoms with van der Waals surface area (Å²) in [5.41, 5.74) is 2.63. The topological polar surface area (TPSA) is 53.6 Å². The molecule has 8 heteroatoms. The third-order valence-corrected chi connectivity index (χ3v) is 4.66. The van der Waals surface area contributed by atoms with Crippen molar-refractivity contribution in [1.82, 2.24) is 14.5 Å². The van der Waals surface area contributed by atoms with Gasteiger partial charge >= 0.3 is 29.6 Å². The van der Waals surface area contributed by atoms with E-state index in [0.717, 1.165) is 12.1 Å². The summed E-state index contributed by atoms with van der Waals surface area (Å²) in [7, 11) is 0. The standard InChI is InChI=1S/C13H11N3OS3.Na/c1-2-7-3-5-8(6-4-7)16-10-9(20-13(16)19)11(17)15-12(18)14-10;/h3-6H,2H2,1H3,(H2,14,15,17,18);/q;+1. The summed E-state index contributed by atoms with van der Waals surface area (Å²) < 4.78 is 3.32. The van der Waals surface area contributed by atoms with Crippen LogP contribution in [0.1, 0.15) is 12.5 Å². The first kappa shape index (κ1) is 16.8. The monoisotopic (exact) mass is 344 g/mol. The number of fused-ring (bicyclic) bond motifs is 1. The summed E-state index contributed by atoms with van der Waals surface area (Å²) in [6.07, 6.45) is 0.984. The molecule has 21 heavy (non-hydrogen) atoms. The van der Waals surface area contributed by atoms with Gasteiger partial charge in [0.1, 0.15) is 10.3 Å². The number of nitrogens with one attached hydrogen (secondary N) is 2. The van der Waals surface area contributed by atoms with Gasteiger partial charge in [-0.15, -0.1) is 0 Å². The molecule has 0 saturated carbocycles. The van der Waals surface area contributed by atoms with E-state index in [0.29, 0.717) is 19.1 Å². The van der Waals surface area contributed by atoms with E-state index in [1.807, 2.05) is 16.7 Å². The minimum absolute atomic E-state index is 0. The molecule has 0 bridgehead atoms. The zero-order valence-corrected chi connectivity index (χ0v) is 16.0. The molecule has 0 aliphatic carbocycles. The number of aromatic amines is 2. The minimum Gasteiger partial charge on any atom is -0.317 e. The third-order valence-electron chi connectivity index (χ3n) is 3.08. The first-order chi connectivity index (χ1) is 9.60. The van der Waals surface area contributed by atoms with Gasteiger partial charge in [0.2, 0.25) is 0 Å². The fourth-order valence-corrected chi connectivity index (χ4v) is 3.54. The largest absolute Gasteiger partial charge is 1.00 e. The number of aromatic nitrogens is 3. The van der Waals surface area contributed by atoms with Gasteiger partial charge < -0.3 is 4.98 Å². The summed E-state index contributed by atoms with van der Waals surface area (Å²) in [5, 5.41) is 0. The van der Waals surface area contributed by atoms with E-state index in [-0.39, 0.29) is 35.1 Å². The van der Waals surface area contributed by atoms with Crippen LogP contribution in [0.5, 0.6) is 0 Å². The smallest absolute Gasteiger partial charge is 0.317 e. The van der Waals surface area contributed by atoms with Crippen molar-refractivity contribution in [2.24, 2.45) is 0 Å². The van der Waals surface area contributed by atoms with Crippen LogP contribution in [0.4, 0.5) is 0 Å². The Hall–Kier alpha value is -0.570. The Balaban J connectivity index is 0.00000161. The molecule has 0 amide bonds. The number of thiazole rings is 1. The van der Waals surface area contributed by atoms with Crippen molar-refractivity contribution >= 4 is 46.1 Å². The number of hydrogen-bond donors (Lipinski definition) is 2. The van der Waals surface area contributed by atoms with Gasteiger partial charge in [-0.1, -0.05) is 30.4 Å². The molecule has 4 nitrogen and oxygen atoms in total. The van der Waals surface area contributed by atoms with E-state index in [2.05, 4.69) is 29.0 Å². The second-order valence-electron chi connectivity index (χ2n) is 4.31. The fourth-order valence-electron chi connectivity index (χ4n) is 2.05. The molecule has 0 aliphatic heterocycles. The van der Waals surface area contributed by atoms with Crippen molar-refractivity contribution in [2.75, 3.05) is 0 Å². The number of nitrogens with zero attached hydrogens (tertiary/aromatic N) is 1. The van der Waals surface area contributed by atoms with Crippen LogP contribution in [-0.4, -0.2) is 14.5 Å². The third kappa shape index (κ3) is 3.13. The maximum Gasteiger partial charge on any atom is 1.00 e. The molecular weight excluding hydrogens is 333 g/mol. The van der Waals surface area contributed by atoms with Gasteiger partial charge in [-0.3, -0.25) is 14.3 Å². The average Bonchev–Trinajstić information content (AvgIpc) is 2.76. The van der Waals surface area contributed by atoms with Crippen LogP contribution in [0.15, 0.2) is 29.1 Å². The van der Waals surface area contributed by atoms with Crippen molar-refractivity contribution in [3.05, 3.63) is 48.9 Å². The second kappa shape index (κ2) is 6.68. The van der Waals surface area contributed by atoms with E-state index in [4.69, 9.17) is 24.4 Å². The van der Waals surface area contributed by atoms with Gasteiger partial charge in [0.25, 0.3) is 5.56 Å². The van der Waals surface area contributed by atoms with Gasteiger partial charge in [-0.25, -0.2) is 0 Å². The average molecular weight is 344 g/mol. The van der Waals surface area contributed by atoms with Gasteiger partial charge in [0.05, 0.1) is 0 Å². The first-order valence-electron chi connectivity index (χ1n) is 6.07. The normalized spacial score (nSPS) is 10.5. The molecular formula is C13H11N3NaOS3+. The number of benzene rings is 1. The van der Waals surface area contributed by atoms with Crippen LogP contribution in [0.2, 0.25) is 0 Å². The predicted octanol–water partition coefficient (Wildman–Crippen LogP) is 0.734. The van der Waals surface area contributed by atoms with E-state index < -0.39 is 0 Å². The Morgan fingerprint density at radius 3 is 2.48 bits per heavy atom. The number of H-pyrrole nitrogens is 2. The summed E-state index contributed by atoms with van der Waals surface area (Å²) >= 11 is 11.7. The molecule has 2 N–H and O–H groups in total. The molecule has 0 atom stereocenters. The maximum absolute atomic E-state index is 11.9. The second-order valence-corrected chi connectivity index (χ2v) is 6.36. The zero-order valence-electron chi connectivity index (χ0n) is 11.6. The van der Waals surface area contributed by atoms with E-state index in [1.54, 1.807) is 0 Å². The van der Waals surface area contributed by atoms with Crippen molar-refractivity contribution in [1.29, 1.82) is 0 Å². The molecule has 102 valence electrons. The number of aryl methyl sites for hydroxylation is 1. The summed E-state index contributed by atoms with van der Waals surface area (Å²) in [5.74, 6) is 0. The van der Waals surface area contributed by atoms with E-state index in [1.165, 1.54) is 16.9 Å². The summed E-state index contributed by atoms with van der Waals surface area (Å²) in [6.45, 7) is 2.11. The zero-order chi connectivity index (χ0) is 14.3. The van der Waals surface area contributed by atoms with Crippen LogP contribution in [0.3, 0.4) is 0 Å². The Kier molecular flexibility index (Phi) is 5.34. The van der Waals surface area contributed by atoms with E-state index >= 15 is 0 Å². The predicted molar refractivity (Wildman–Crippen MR) is 87.2 cm³/mol. The molecule has 0 unspecified atom stereocenters. The first-order valence-corrected chi connectivity index (χ1v) is 7.71. The quantitative estimate of drug-likeness (QED) is 0.532. The molecule has 3 rings (SSSR count). The molecule has 3 aromatic rings. The SMILES string of the molecule is CCc1ccc(-n2c(=S)sc3c(=O)[nH]c(=S)[nH]c32)cc1.[Na+]. The van der Waals surface area contributed by atoms with Crippen LogP contribution < -0.4 is 35.1 Å². The molecule has 2 aromatic heterocycles.